The van der Waals surface area contributed by atoms with E-state index in [1.165, 1.54) is 0 Å². The van der Waals surface area contributed by atoms with Gasteiger partial charge >= 0.3 is 0 Å². The number of ether oxygens (including phenoxy) is 1. The lowest BCUT2D eigenvalue weighted by Crippen LogP contribution is -2.50. The number of rotatable bonds is 7. The predicted octanol–water partition coefficient (Wildman–Crippen LogP) is 1.85. The molecule has 2 aromatic rings. The minimum Gasteiger partial charge on any atom is -0.381 e. The van der Waals surface area contributed by atoms with Gasteiger partial charge in [-0.15, -0.1) is 22.6 Å². The molecule has 0 bridgehead atoms. The maximum Gasteiger partial charge on any atom is 0.227 e. The zero-order chi connectivity index (χ0) is 18.2. The summed E-state index contributed by atoms with van der Waals surface area (Å²) in [5, 5.41) is 14.5. The lowest BCUT2D eigenvalue weighted by molar-refractivity contribution is -0.135. The molecule has 1 amide bonds. The van der Waals surface area contributed by atoms with Crippen LogP contribution in [-0.2, 0) is 9.53 Å². The molecule has 0 spiro atoms. The third-order valence-corrected chi connectivity index (χ3v) is 4.77. The fourth-order valence-electron chi connectivity index (χ4n) is 3.03. The van der Waals surface area contributed by atoms with E-state index in [0.717, 1.165) is 11.3 Å². The Kier molecular flexibility index (Phi) is 7.97. The van der Waals surface area contributed by atoms with Gasteiger partial charge in [0.25, 0.3) is 0 Å². The van der Waals surface area contributed by atoms with Gasteiger partial charge in [0.05, 0.1) is 11.1 Å². The van der Waals surface area contributed by atoms with Crippen molar-refractivity contribution in [3.05, 3.63) is 42.5 Å². The van der Waals surface area contributed by atoms with E-state index in [9.17, 15) is 4.79 Å². The second kappa shape index (κ2) is 10.2. The number of benzene rings is 1. The molecule has 1 aliphatic heterocycles. The summed E-state index contributed by atoms with van der Waals surface area (Å²) in [6.07, 6.45) is 1.35. The van der Waals surface area contributed by atoms with E-state index in [0.29, 0.717) is 51.5 Å². The van der Waals surface area contributed by atoms with Crippen LogP contribution in [0.1, 0.15) is 12.8 Å². The number of carbonyl (C=O) groups excluding carboxylic acids is 1. The molecule has 1 aromatic heterocycles. The maximum absolute atomic E-state index is 12.5. The number of carbonyl (C=O) groups is 1. The Morgan fingerprint density at radius 2 is 1.81 bits per heavy atom. The smallest absolute Gasteiger partial charge is 0.227 e. The summed E-state index contributed by atoms with van der Waals surface area (Å²) in [7, 11) is 0. The highest BCUT2D eigenvalue weighted by Crippen LogP contribution is 2.29. The molecule has 1 saturated heterocycles. The second-order valence-corrected chi connectivity index (χ2v) is 6.45. The van der Waals surface area contributed by atoms with E-state index >= 15 is 0 Å². The molecule has 7 nitrogen and oxygen atoms in total. The topological polar surface area (TPSA) is 102 Å². The van der Waals surface area contributed by atoms with Crippen LogP contribution in [0.4, 0.5) is 5.82 Å². The van der Waals surface area contributed by atoms with Crippen LogP contribution < -0.4 is 16.4 Å². The zero-order valence-electron chi connectivity index (χ0n) is 15.2. The third-order valence-electron chi connectivity index (χ3n) is 4.77. The molecule has 0 saturated carbocycles. The first-order chi connectivity index (χ1) is 12.7. The minimum absolute atomic E-state index is 0. The van der Waals surface area contributed by atoms with Gasteiger partial charge in [-0.1, -0.05) is 30.3 Å². The maximum atomic E-state index is 12.5. The highest BCUT2D eigenvalue weighted by atomic mass is 35.5. The van der Waals surface area contributed by atoms with Crippen molar-refractivity contribution in [1.82, 2.24) is 15.5 Å². The van der Waals surface area contributed by atoms with E-state index in [4.69, 9.17) is 10.5 Å². The highest BCUT2D eigenvalue weighted by molar-refractivity contribution is 5.85. The Bertz CT molecular complexity index is 706. The number of hydrogen-bond donors (Lipinski definition) is 3. The van der Waals surface area contributed by atoms with Gasteiger partial charge in [0, 0.05) is 38.4 Å². The van der Waals surface area contributed by atoms with Crippen LogP contribution in [0.5, 0.6) is 0 Å². The molecule has 1 aliphatic rings. The zero-order valence-corrected chi connectivity index (χ0v) is 16.0. The predicted molar refractivity (Wildman–Crippen MR) is 108 cm³/mol. The fraction of sp³-hybridized carbons (Fsp3) is 0.421. The average molecular weight is 392 g/mol. The van der Waals surface area contributed by atoms with Gasteiger partial charge < -0.3 is 21.1 Å². The summed E-state index contributed by atoms with van der Waals surface area (Å²) in [4.78, 5) is 12.5. The molecule has 2 heterocycles. The lowest BCUT2D eigenvalue weighted by atomic mass is 9.79. The van der Waals surface area contributed by atoms with Crippen LogP contribution in [0.25, 0.3) is 11.3 Å². The fourth-order valence-corrected chi connectivity index (χ4v) is 3.03. The van der Waals surface area contributed by atoms with Crippen LogP contribution in [0.3, 0.4) is 0 Å². The number of nitrogens with two attached hydrogens (primary N) is 1. The monoisotopic (exact) mass is 391 g/mol. The normalized spacial score (nSPS) is 15.4. The molecule has 27 heavy (non-hydrogen) atoms. The SMILES string of the molecule is Cl.NCC1(C(=O)NCCNc2ccc(-c3ccccc3)nn2)CCOCC1. The molecule has 0 atom stereocenters. The number of nitrogens with zero attached hydrogens (tertiary/aromatic N) is 2. The summed E-state index contributed by atoms with van der Waals surface area (Å²) in [5.74, 6) is 0.689. The third kappa shape index (κ3) is 5.38. The largest absolute Gasteiger partial charge is 0.381 e. The van der Waals surface area contributed by atoms with Crippen molar-refractivity contribution in [3.63, 3.8) is 0 Å². The number of aromatic nitrogens is 2. The molecule has 0 unspecified atom stereocenters. The van der Waals surface area contributed by atoms with Gasteiger partial charge in [0.15, 0.2) is 0 Å². The molecule has 1 aromatic carbocycles. The summed E-state index contributed by atoms with van der Waals surface area (Å²) in [6, 6.07) is 13.7. The number of nitrogens with one attached hydrogen (secondary N) is 2. The highest BCUT2D eigenvalue weighted by Gasteiger charge is 2.38. The molecule has 0 aliphatic carbocycles. The van der Waals surface area contributed by atoms with Crippen molar-refractivity contribution in [3.8, 4) is 11.3 Å². The summed E-state index contributed by atoms with van der Waals surface area (Å²) >= 11 is 0. The second-order valence-electron chi connectivity index (χ2n) is 6.45. The van der Waals surface area contributed by atoms with Crippen LogP contribution in [0, 0.1) is 5.41 Å². The van der Waals surface area contributed by atoms with Crippen molar-refractivity contribution < 1.29 is 9.53 Å². The van der Waals surface area contributed by atoms with Crippen molar-refractivity contribution in [2.24, 2.45) is 11.1 Å². The molecule has 3 rings (SSSR count). The van der Waals surface area contributed by atoms with E-state index in [-0.39, 0.29) is 18.3 Å². The van der Waals surface area contributed by atoms with Crippen molar-refractivity contribution >= 4 is 24.1 Å². The van der Waals surface area contributed by atoms with Crippen LogP contribution in [-0.4, -0.2) is 49.0 Å². The Balaban J connectivity index is 0.00000261. The van der Waals surface area contributed by atoms with Gasteiger partial charge in [-0.3, -0.25) is 4.79 Å². The number of anilines is 1. The van der Waals surface area contributed by atoms with Crippen molar-refractivity contribution in [1.29, 1.82) is 0 Å². The van der Waals surface area contributed by atoms with Gasteiger partial charge in [-0.05, 0) is 25.0 Å². The van der Waals surface area contributed by atoms with E-state index in [1.807, 2.05) is 42.5 Å². The summed E-state index contributed by atoms with van der Waals surface area (Å²) in [6.45, 7) is 2.60. The Morgan fingerprint density at radius 3 is 2.44 bits per heavy atom. The number of amides is 1. The van der Waals surface area contributed by atoms with E-state index < -0.39 is 5.41 Å². The Morgan fingerprint density at radius 1 is 1.07 bits per heavy atom. The molecule has 8 heteroatoms. The first-order valence-electron chi connectivity index (χ1n) is 8.93. The molecule has 146 valence electrons. The standard InChI is InChI=1S/C19H25N5O2.ClH/c20-14-19(8-12-26-13-9-19)18(25)22-11-10-21-17-7-6-16(23-24-17)15-4-2-1-3-5-15;/h1-7H,8-14,20H2,(H,21,24)(H,22,25);1H. The molecular weight excluding hydrogens is 366 g/mol. The van der Waals surface area contributed by atoms with Gasteiger partial charge in [0.2, 0.25) is 5.91 Å². The van der Waals surface area contributed by atoms with E-state index in [2.05, 4.69) is 20.8 Å². The Labute approximate surface area is 165 Å². The van der Waals surface area contributed by atoms with Gasteiger partial charge in [0.1, 0.15) is 5.82 Å². The van der Waals surface area contributed by atoms with Crippen LogP contribution in [0.15, 0.2) is 42.5 Å². The van der Waals surface area contributed by atoms with Crippen LogP contribution >= 0.6 is 12.4 Å². The summed E-state index contributed by atoms with van der Waals surface area (Å²) < 4.78 is 5.34. The van der Waals surface area contributed by atoms with Crippen molar-refractivity contribution in [2.75, 3.05) is 38.2 Å². The minimum atomic E-state index is -0.491. The molecule has 1 fully saturated rings. The summed E-state index contributed by atoms with van der Waals surface area (Å²) in [5.41, 5.74) is 7.21. The quantitative estimate of drug-likeness (QED) is 0.622. The molecule has 4 N–H and O–H groups in total. The van der Waals surface area contributed by atoms with Crippen molar-refractivity contribution in [2.45, 2.75) is 12.8 Å². The van der Waals surface area contributed by atoms with Gasteiger partial charge in [-0.25, -0.2) is 0 Å². The first-order valence-corrected chi connectivity index (χ1v) is 8.93. The average Bonchev–Trinajstić information content (AvgIpc) is 2.72. The van der Waals surface area contributed by atoms with Gasteiger partial charge in [-0.2, -0.15) is 0 Å². The Hall–Kier alpha value is -2.22. The number of hydrogen-bond acceptors (Lipinski definition) is 6. The first kappa shape index (κ1) is 21.1. The number of halogens is 1. The molecular formula is C19H26ClN5O2. The molecule has 0 radical (unpaired) electrons. The lowest BCUT2D eigenvalue weighted by Gasteiger charge is -2.34. The van der Waals surface area contributed by atoms with E-state index in [1.54, 1.807) is 0 Å². The van der Waals surface area contributed by atoms with Crippen LogP contribution in [0.2, 0.25) is 0 Å².